The van der Waals surface area contributed by atoms with Crippen LogP contribution < -0.4 is 9.47 Å². The SMILES string of the molecule is COc1cc(O)c2c(c1)OC(C)C2=O. The molecule has 74 valence electrons. The van der Waals surface area contributed by atoms with Gasteiger partial charge in [0.05, 0.1) is 7.11 Å². The summed E-state index contributed by atoms with van der Waals surface area (Å²) in [5, 5.41) is 9.55. The van der Waals surface area contributed by atoms with E-state index in [1.165, 1.54) is 13.2 Å². The summed E-state index contributed by atoms with van der Waals surface area (Å²) in [6, 6.07) is 2.99. The van der Waals surface area contributed by atoms with Gasteiger partial charge in [-0.15, -0.1) is 0 Å². The standard InChI is InChI=1S/C10H10O4/c1-5-10(12)9-7(11)3-6(13-2)4-8(9)14-5/h3-5,11H,1-2H3. The zero-order valence-corrected chi connectivity index (χ0v) is 7.90. The molecule has 0 saturated heterocycles. The topological polar surface area (TPSA) is 55.8 Å². The number of aromatic hydroxyl groups is 1. The van der Waals surface area contributed by atoms with Gasteiger partial charge in [0, 0.05) is 12.1 Å². The molecule has 0 aromatic heterocycles. The Morgan fingerprint density at radius 2 is 2.21 bits per heavy atom. The summed E-state index contributed by atoms with van der Waals surface area (Å²) in [5.74, 6) is 0.580. The lowest BCUT2D eigenvalue weighted by molar-refractivity contribution is 0.0877. The Balaban J connectivity index is 2.57. The van der Waals surface area contributed by atoms with E-state index in [0.717, 1.165) is 0 Å². The minimum Gasteiger partial charge on any atom is -0.507 e. The van der Waals surface area contributed by atoms with Crippen LogP contribution in [0.2, 0.25) is 0 Å². The van der Waals surface area contributed by atoms with Crippen molar-refractivity contribution in [2.45, 2.75) is 13.0 Å². The molecular weight excluding hydrogens is 184 g/mol. The number of phenolic OH excluding ortho intramolecular Hbond substituents is 1. The summed E-state index contributed by atoms with van der Waals surface area (Å²) >= 11 is 0. The van der Waals surface area contributed by atoms with Crippen LogP contribution in [0.1, 0.15) is 17.3 Å². The van der Waals surface area contributed by atoms with Crippen molar-refractivity contribution in [3.63, 3.8) is 0 Å². The summed E-state index contributed by atoms with van der Waals surface area (Å²) in [4.78, 5) is 11.5. The first-order valence-electron chi connectivity index (χ1n) is 4.25. The maximum absolute atomic E-state index is 11.5. The molecule has 1 atom stereocenters. The summed E-state index contributed by atoms with van der Waals surface area (Å²) in [5.41, 5.74) is 0.248. The number of fused-ring (bicyclic) bond motifs is 1. The van der Waals surface area contributed by atoms with Gasteiger partial charge in [-0.05, 0) is 6.92 Å². The Hall–Kier alpha value is -1.71. The minimum absolute atomic E-state index is 0.0892. The Morgan fingerprint density at radius 3 is 2.86 bits per heavy atom. The van der Waals surface area contributed by atoms with Crippen LogP contribution in [-0.4, -0.2) is 24.1 Å². The Morgan fingerprint density at radius 1 is 1.50 bits per heavy atom. The average molecular weight is 194 g/mol. The van der Waals surface area contributed by atoms with Crippen molar-refractivity contribution in [2.24, 2.45) is 0 Å². The van der Waals surface area contributed by atoms with Crippen LogP contribution >= 0.6 is 0 Å². The maximum Gasteiger partial charge on any atom is 0.210 e. The fourth-order valence-electron chi connectivity index (χ4n) is 1.48. The van der Waals surface area contributed by atoms with E-state index in [9.17, 15) is 9.90 Å². The molecule has 0 aliphatic carbocycles. The second-order valence-electron chi connectivity index (χ2n) is 3.14. The van der Waals surface area contributed by atoms with Gasteiger partial charge in [-0.25, -0.2) is 0 Å². The molecule has 1 N–H and O–H groups in total. The zero-order chi connectivity index (χ0) is 10.3. The molecule has 0 amide bonds. The second kappa shape index (κ2) is 2.90. The number of hydrogen-bond donors (Lipinski definition) is 1. The van der Waals surface area contributed by atoms with Gasteiger partial charge in [-0.3, -0.25) is 4.79 Å². The highest BCUT2D eigenvalue weighted by Gasteiger charge is 2.32. The van der Waals surface area contributed by atoms with E-state index in [1.54, 1.807) is 13.0 Å². The molecule has 4 heteroatoms. The van der Waals surface area contributed by atoms with Gasteiger partial charge in [0.1, 0.15) is 22.8 Å². The number of benzene rings is 1. The fourth-order valence-corrected chi connectivity index (χ4v) is 1.48. The van der Waals surface area contributed by atoms with Crippen LogP contribution in [0.5, 0.6) is 17.2 Å². The van der Waals surface area contributed by atoms with Crippen LogP contribution in [0.15, 0.2) is 12.1 Å². The predicted molar refractivity (Wildman–Crippen MR) is 49.1 cm³/mol. The molecule has 1 aliphatic heterocycles. The van der Waals surface area contributed by atoms with Crippen LogP contribution in [-0.2, 0) is 0 Å². The van der Waals surface area contributed by atoms with Gasteiger partial charge in [-0.2, -0.15) is 0 Å². The first kappa shape index (κ1) is 8.87. The molecule has 2 rings (SSSR count). The maximum atomic E-state index is 11.5. The first-order chi connectivity index (χ1) is 6.63. The Kier molecular flexibility index (Phi) is 1.84. The van der Waals surface area contributed by atoms with Gasteiger partial charge >= 0.3 is 0 Å². The van der Waals surface area contributed by atoms with Crippen molar-refractivity contribution in [3.05, 3.63) is 17.7 Å². The van der Waals surface area contributed by atoms with Crippen molar-refractivity contribution >= 4 is 5.78 Å². The van der Waals surface area contributed by atoms with E-state index in [2.05, 4.69) is 0 Å². The van der Waals surface area contributed by atoms with E-state index in [4.69, 9.17) is 9.47 Å². The van der Waals surface area contributed by atoms with Crippen molar-refractivity contribution in [3.8, 4) is 17.2 Å². The number of carbonyl (C=O) groups excluding carboxylic acids is 1. The lowest BCUT2D eigenvalue weighted by atomic mass is 10.1. The van der Waals surface area contributed by atoms with Crippen LogP contribution in [0.3, 0.4) is 0 Å². The van der Waals surface area contributed by atoms with Crippen LogP contribution in [0.25, 0.3) is 0 Å². The van der Waals surface area contributed by atoms with E-state index < -0.39 is 6.10 Å². The van der Waals surface area contributed by atoms with E-state index in [1.807, 2.05) is 0 Å². The van der Waals surface area contributed by atoms with Gasteiger partial charge in [0.2, 0.25) is 5.78 Å². The molecule has 0 saturated carbocycles. The first-order valence-corrected chi connectivity index (χ1v) is 4.25. The number of ether oxygens (including phenoxy) is 2. The third kappa shape index (κ3) is 1.11. The number of carbonyl (C=O) groups is 1. The predicted octanol–water partition coefficient (Wildman–Crippen LogP) is 1.36. The van der Waals surface area contributed by atoms with Gasteiger partial charge < -0.3 is 14.6 Å². The van der Waals surface area contributed by atoms with Crippen molar-refractivity contribution in [2.75, 3.05) is 7.11 Å². The van der Waals surface area contributed by atoms with Crippen molar-refractivity contribution in [1.82, 2.24) is 0 Å². The number of rotatable bonds is 1. The average Bonchev–Trinajstić information content (AvgIpc) is 2.43. The highest BCUT2D eigenvalue weighted by atomic mass is 16.5. The molecule has 1 aliphatic rings. The van der Waals surface area contributed by atoms with Gasteiger partial charge in [0.15, 0.2) is 6.10 Å². The molecule has 0 fully saturated rings. The third-order valence-electron chi connectivity index (χ3n) is 2.21. The summed E-state index contributed by atoms with van der Waals surface area (Å²) in [6.07, 6.45) is -0.525. The highest BCUT2D eigenvalue weighted by Crippen LogP contribution is 2.38. The van der Waals surface area contributed by atoms with Gasteiger partial charge in [-0.1, -0.05) is 0 Å². The molecule has 0 bridgehead atoms. The molecule has 0 spiro atoms. The normalized spacial score (nSPS) is 19.0. The molecular formula is C10H10O4. The third-order valence-corrected chi connectivity index (χ3v) is 2.21. The number of phenols is 1. The Bertz CT molecular complexity index is 397. The largest absolute Gasteiger partial charge is 0.507 e. The molecule has 4 nitrogen and oxygen atoms in total. The van der Waals surface area contributed by atoms with E-state index >= 15 is 0 Å². The Labute approximate surface area is 81.1 Å². The van der Waals surface area contributed by atoms with Gasteiger partial charge in [0.25, 0.3) is 0 Å². The van der Waals surface area contributed by atoms with Crippen LogP contribution in [0.4, 0.5) is 0 Å². The monoisotopic (exact) mass is 194 g/mol. The van der Waals surface area contributed by atoms with Crippen LogP contribution in [0, 0.1) is 0 Å². The molecule has 14 heavy (non-hydrogen) atoms. The summed E-state index contributed by atoms with van der Waals surface area (Å²) in [7, 11) is 1.49. The molecule has 1 aromatic carbocycles. The van der Waals surface area contributed by atoms with E-state index in [-0.39, 0.29) is 17.1 Å². The van der Waals surface area contributed by atoms with Crippen molar-refractivity contribution in [1.29, 1.82) is 0 Å². The number of ketones is 1. The lowest BCUT2D eigenvalue weighted by Crippen LogP contribution is -2.14. The quantitative estimate of drug-likeness (QED) is 0.733. The fraction of sp³-hybridized carbons (Fsp3) is 0.300. The lowest BCUT2D eigenvalue weighted by Gasteiger charge is -2.04. The number of Topliss-reactive ketones (excluding diaryl/α,β-unsaturated/α-hetero) is 1. The minimum atomic E-state index is -0.525. The van der Waals surface area contributed by atoms with Crippen molar-refractivity contribution < 1.29 is 19.4 Å². The molecule has 1 heterocycles. The van der Waals surface area contributed by atoms with E-state index in [0.29, 0.717) is 11.5 Å². The number of hydrogen-bond acceptors (Lipinski definition) is 4. The summed E-state index contributed by atoms with van der Waals surface area (Å²) in [6.45, 7) is 1.65. The zero-order valence-electron chi connectivity index (χ0n) is 7.90. The molecule has 0 radical (unpaired) electrons. The summed E-state index contributed by atoms with van der Waals surface area (Å²) < 4.78 is 10.2. The highest BCUT2D eigenvalue weighted by molar-refractivity contribution is 6.06. The second-order valence-corrected chi connectivity index (χ2v) is 3.14. The smallest absolute Gasteiger partial charge is 0.210 e. The number of methoxy groups -OCH3 is 1. The molecule has 1 aromatic rings. The molecule has 1 unspecified atom stereocenters.